The molecule has 0 saturated heterocycles. The number of rotatable bonds is 12. The normalized spacial score (nSPS) is 12.8. The first-order valence-corrected chi connectivity index (χ1v) is 12.2. The summed E-state index contributed by atoms with van der Waals surface area (Å²) in [6.07, 6.45) is 6.14. The lowest BCUT2D eigenvalue weighted by molar-refractivity contribution is -0.930. The molecule has 0 aromatic heterocycles. The fraction of sp³-hybridized carbons (Fsp3) is 1.00. The molecule has 5 heteroatoms. The molecule has 4 nitrogen and oxygen atoms in total. The number of quaternary nitrogens is 1. The second-order valence-corrected chi connectivity index (χ2v) is 11.1. The van der Waals surface area contributed by atoms with Crippen molar-refractivity contribution in [3.63, 3.8) is 0 Å². The third-order valence-corrected chi connectivity index (χ3v) is 4.72. The Bertz CT molecular complexity index is 367. The van der Waals surface area contributed by atoms with Crippen LogP contribution in [0.5, 0.6) is 0 Å². The minimum absolute atomic E-state index is 0.604. The summed E-state index contributed by atoms with van der Waals surface area (Å²) in [7, 11) is -3.92. The van der Waals surface area contributed by atoms with Crippen LogP contribution in [0, 0.1) is 23.7 Å². The largest absolute Gasteiger partial charge is 0.748 e. The zero-order chi connectivity index (χ0) is 21.0. The lowest BCUT2D eigenvalue weighted by Gasteiger charge is -2.41. The van der Waals surface area contributed by atoms with Gasteiger partial charge in [0.15, 0.2) is 0 Å². The van der Waals surface area contributed by atoms with E-state index >= 15 is 0 Å². The molecule has 0 aromatic carbocycles. The zero-order valence-electron chi connectivity index (χ0n) is 19.0. The number of hydrogen-bond acceptors (Lipinski definition) is 3. The summed E-state index contributed by atoms with van der Waals surface area (Å²) in [5.41, 5.74) is 0. The first-order chi connectivity index (χ1) is 11.7. The summed E-state index contributed by atoms with van der Waals surface area (Å²) >= 11 is 0. The first-order valence-electron chi connectivity index (χ1n) is 10.4. The van der Waals surface area contributed by atoms with Gasteiger partial charge in [0.1, 0.15) is 0 Å². The van der Waals surface area contributed by atoms with Crippen LogP contribution in [0.3, 0.4) is 0 Å². The molecule has 0 heterocycles. The standard InChI is InChI=1S/C20H44N.CH4O3S/c1-17(2)9-13-21(14-10-18(3)4,15-11-19(5)6)16-12-20(7)8;1-5(2,3)4/h17-20H,9-16H2,1-8H3;1H3,(H,2,3,4)/q+1;/p-1. The van der Waals surface area contributed by atoms with Crippen LogP contribution in [0.25, 0.3) is 0 Å². The topological polar surface area (TPSA) is 57.2 Å². The second kappa shape index (κ2) is 14.0. The summed E-state index contributed by atoms with van der Waals surface area (Å²) in [4.78, 5) is 0. The Labute approximate surface area is 165 Å². The molecule has 0 fully saturated rings. The molecule has 160 valence electrons. The van der Waals surface area contributed by atoms with Crippen molar-refractivity contribution >= 4 is 10.1 Å². The maximum absolute atomic E-state index is 9.08. The SMILES string of the molecule is CC(C)CC[N+](CCC(C)C)(CCC(C)C)CCC(C)C.CS(=O)(=O)[O-]. The minimum atomic E-state index is -3.92. The molecule has 0 unspecified atom stereocenters. The van der Waals surface area contributed by atoms with Crippen LogP contribution in [-0.2, 0) is 10.1 Å². The smallest absolute Gasteiger partial charge is 0.0916 e. The molecule has 0 N–H and O–H groups in total. The third-order valence-electron chi connectivity index (χ3n) is 4.72. The lowest BCUT2D eigenvalue weighted by Crippen LogP contribution is -2.52. The van der Waals surface area contributed by atoms with E-state index in [9.17, 15) is 0 Å². The molecule has 0 aromatic rings. The van der Waals surface area contributed by atoms with Gasteiger partial charge < -0.3 is 9.04 Å². The van der Waals surface area contributed by atoms with Gasteiger partial charge in [-0.05, 0) is 49.4 Å². The molecule has 0 bridgehead atoms. The number of nitrogens with zero attached hydrogens (tertiary/aromatic N) is 1. The van der Waals surface area contributed by atoms with E-state index in [0.29, 0.717) is 6.26 Å². The average molecular weight is 394 g/mol. The summed E-state index contributed by atoms with van der Waals surface area (Å²) in [5.74, 6) is 3.33. The van der Waals surface area contributed by atoms with Gasteiger partial charge in [0.25, 0.3) is 0 Å². The molecular weight excluding hydrogens is 346 g/mol. The Balaban J connectivity index is 0. The van der Waals surface area contributed by atoms with Crippen LogP contribution in [0.15, 0.2) is 0 Å². The van der Waals surface area contributed by atoms with E-state index in [1.165, 1.54) is 56.3 Å². The monoisotopic (exact) mass is 393 g/mol. The molecule has 0 aliphatic carbocycles. The van der Waals surface area contributed by atoms with E-state index in [-0.39, 0.29) is 0 Å². The van der Waals surface area contributed by atoms with Crippen LogP contribution in [0.2, 0.25) is 0 Å². The molecule has 0 spiro atoms. The van der Waals surface area contributed by atoms with Gasteiger partial charge in [-0.25, -0.2) is 8.42 Å². The Morgan fingerprint density at radius 1 is 0.615 bits per heavy atom. The van der Waals surface area contributed by atoms with Gasteiger partial charge in [-0.2, -0.15) is 0 Å². The summed E-state index contributed by atoms with van der Waals surface area (Å²) in [6, 6.07) is 0. The van der Waals surface area contributed by atoms with Crippen molar-refractivity contribution in [1.82, 2.24) is 0 Å². The molecule has 0 aliphatic heterocycles. The van der Waals surface area contributed by atoms with Crippen molar-refractivity contribution < 1.29 is 17.5 Å². The summed E-state index contributed by atoms with van der Waals surface area (Å²) in [6.45, 7) is 24.6. The van der Waals surface area contributed by atoms with Gasteiger partial charge in [-0.1, -0.05) is 55.4 Å². The van der Waals surface area contributed by atoms with Crippen LogP contribution in [-0.4, -0.2) is 49.9 Å². The molecular formula is C21H47NO3S. The Morgan fingerprint density at radius 3 is 0.885 bits per heavy atom. The van der Waals surface area contributed by atoms with Crippen LogP contribution >= 0.6 is 0 Å². The fourth-order valence-corrected chi connectivity index (χ4v) is 2.80. The second-order valence-electron chi connectivity index (χ2n) is 9.67. The van der Waals surface area contributed by atoms with Gasteiger partial charge in [0.2, 0.25) is 0 Å². The highest BCUT2D eigenvalue weighted by molar-refractivity contribution is 7.84. The average Bonchev–Trinajstić information content (AvgIpc) is 2.43. The van der Waals surface area contributed by atoms with E-state index in [2.05, 4.69) is 55.4 Å². The molecule has 0 rings (SSSR count). The van der Waals surface area contributed by atoms with Crippen molar-refractivity contribution in [3.8, 4) is 0 Å². The van der Waals surface area contributed by atoms with Crippen LogP contribution in [0.4, 0.5) is 0 Å². The number of hydrogen-bond donors (Lipinski definition) is 0. The highest BCUT2D eigenvalue weighted by Crippen LogP contribution is 2.21. The lowest BCUT2D eigenvalue weighted by atomic mass is 10.0. The van der Waals surface area contributed by atoms with E-state index in [1.807, 2.05) is 0 Å². The van der Waals surface area contributed by atoms with Gasteiger partial charge in [0, 0.05) is 6.26 Å². The van der Waals surface area contributed by atoms with Crippen molar-refractivity contribution in [2.45, 2.75) is 81.1 Å². The van der Waals surface area contributed by atoms with Crippen LogP contribution < -0.4 is 0 Å². The van der Waals surface area contributed by atoms with Gasteiger partial charge in [-0.3, -0.25) is 0 Å². The van der Waals surface area contributed by atoms with Crippen molar-refractivity contribution in [2.75, 3.05) is 32.4 Å². The van der Waals surface area contributed by atoms with Gasteiger partial charge >= 0.3 is 0 Å². The molecule has 0 saturated carbocycles. The zero-order valence-corrected chi connectivity index (χ0v) is 19.9. The molecule has 0 atom stereocenters. The third kappa shape index (κ3) is 21.9. The maximum atomic E-state index is 9.08. The predicted molar refractivity (Wildman–Crippen MR) is 113 cm³/mol. The predicted octanol–water partition coefficient (Wildman–Crippen LogP) is 5.15. The quantitative estimate of drug-likeness (QED) is 0.340. The maximum Gasteiger partial charge on any atom is 0.0916 e. The van der Waals surface area contributed by atoms with Gasteiger partial charge in [0.05, 0.1) is 36.3 Å². The molecule has 0 radical (unpaired) electrons. The van der Waals surface area contributed by atoms with E-state index in [4.69, 9.17) is 13.0 Å². The van der Waals surface area contributed by atoms with E-state index in [0.717, 1.165) is 23.7 Å². The minimum Gasteiger partial charge on any atom is -0.748 e. The Hall–Kier alpha value is -0.130. The summed E-state index contributed by atoms with van der Waals surface area (Å²) < 4.78 is 28.6. The van der Waals surface area contributed by atoms with E-state index in [1.54, 1.807) is 0 Å². The molecule has 0 aliphatic rings. The highest BCUT2D eigenvalue weighted by Gasteiger charge is 2.27. The highest BCUT2D eigenvalue weighted by atomic mass is 32.2. The van der Waals surface area contributed by atoms with Crippen molar-refractivity contribution in [1.29, 1.82) is 0 Å². The molecule has 0 amide bonds. The van der Waals surface area contributed by atoms with Crippen molar-refractivity contribution in [3.05, 3.63) is 0 Å². The van der Waals surface area contributed by atoms with Gasteiger partial charge in [-0.15, -0.1) is 0 Å². The molecule has 26 heavy (non-hydrogen) atoms. The summed E-state index contributed by atoms with van der Waals surface area (Å²) in [5, 5.41) is 0. The Kier molecular flexibility index (Phi) is 15.1. The van der Waals surface area contributed by atoms with Crippen molar-refractivity contribution in [2.24, 2.45) is 23.7 Å². The Morgan fingerprint density at radius 2 is 0.769 bits per heavy atom. The fourth-order valence-electron chi connectivity index (χ4n) is 2.80. The van der Waals surface area contributed by atoms with E-state index < -0.39 is 10.1 Å². The van der Waals surface area contributed by atoms with Crippen LogP contribution in [0.1, 0.15) is 81.1 Å². The first kappa shape index (κ1) is 28.1.